The monoisotopic (exact) mass is 288 g/mol. The fraction of sp³-hybridized carbons (Fsp3) is 0.529. The van der Waals surface area contributed by atoms with Crippen molar-refractivity contribution in [2.24, 2.45) is 11.3 Å². The van der Waals surface area contributed by atoms with Gasteiger partial charge in [0.25, 0.3) is 0 Å². The van der Waals surface area contributed by atoms with Crippen LogP contribution >= 0.6 is 0 Å². The Morgan fingerprint density at radius 1 is 1.48 bits per heavy atom. The fourth-order valence-electron chi connectivity index (χ4n) is 3.72. The summed E-state index contributed by atoms with van der Waals surface area (Å²) >= 11 is 0. The summed E-state index contributed by atoms with van der Waals surface area (Å²) in [5.74, 6) is 0.194. The van der Waals surface area contributed by atoms with Gasteiger partial charge in [0.1, 0.15) is 6.10 Å². The standard InChI is InChI=1S/C17H20O4/c1-9-8-20-15-13(9)16(21-11(3)18)17(4)10(2)6-5-7-12(17)14(15)19/h7-8,10,16H,5-6H2,1-4H3/t10-,16+,17+/m0/s1. The number of ketones is 1. The molecule has 0 fully saturated rings. The van der Waals surface area contributed by atoms with Crippen LogP contribution in [0.1, 0.15) is 61.4 Å². The lowest BCUT2D eigenvalue weighted by Crippen LogP contribution is -2.44. The van der Waals surface area contributed by atoms with Crippen molar-refractivity contribution in [3.8, 4) is 0 Å². The van der Waals surface area contributed by atoms with Crippen LogP contribution in [0.3, 0.4) is 0 Å². The van der Waals surface area contributed by atoms with Crippen molar-refractivity contribution < 1.29 is 18.7 Å². The first-order valence-corrected chi connectivity index (χ1v) is 7.38. The molecule has 0 spiro atoms. The SMILES string of the molecule is CC(=O)O[C@@H]1c2c(C)coc2C(=O)C2=CCC[C@H](C)[C@]21C. The molecule has 2 aliphatic rings. The van der Waals surface area contributed by atoms with E-state index in [0.717, 1.165) is 29.5 Å². The van der Waals surface area contributed by atoms with E-state index in [1.165, 1.54) is 6.92 Å². The van der Waals surface area contributed by atoms with Crippen LogP contribution < -0.4 is 0 Å². The number of furan rings is 1. The zero-order valence-electron chi connectivity index (χ0n) is 12.9. The van der Waals surface area contributed by atoms with Gasteiger partial charge in [0, 0.05) is 23.5 Å². The zero-order valence-corrected chi connectivity index (χ0v) is 12.9. The van der Waals surface area contributed by atoms with E-state index in [-0.39, 0.29) is 17.7 Å². The third-order valence-electron chi connectivity index (χ3n) is 5.12. The average molecular weight is 288 g/mol. The van der Waals surface area contributed by atoms with E-state index in [1.54, 1.807) is 6.26 Å². The topological polar surface area (TPSA) is 56.5 Å². The summed E-state index contributed by atoms with van der Waals surface area (Å²) in [5.41, 5.74) is 1.85. The molecule has 2 aliphatic carbocycles. The van der Waals surface area contributed by atoms with E-state index in [2.05, 4.69) is 6.92 Å². The quantitative estimate of drug-likeness (QED) is 0.738. The Morgan fingerprint density at radius 2 is 2.19 bits per heavy atom. The summed E-state index contributed by atoms with van der Waals surface area (Å²) in [7, 11) is 0. The number of rotatable bonds is 1. The Hall–Kier alpha value is -1.84. The van der Waals surface area contributed by atoms with Crippen molar-refractivity contribution in [3.63, 3.8) is 0 Å². The van der Waals surface area contributed by atoms with Crippen LogP contribution in [0.25, 0.3) is 0 Å². The van der Waals surface area contributed by atoms with Crippen LogP contribution in [0.4, 0.5) is 0 Å². The van der Waals surface area contributed by atoms with Crippen LogP contribution in [0.2, 0.25) is 0 Å². The number of aryl methyl sites for hydroxylation is 1. The number of esters is 1. The number of fused-ring (bicyclic) bond motifs is 2. The van der Waals surface area contributed by atoms with Gasteiger partial charge in [-0.15, -0.1) is 0 Å². The second kappa shape index (κ2) is 4.58. The minimum atomic E-state index is -0.483. The molecule has 0 amide bonds. The number of allylic oxidation sites excluding steroid dienone is 1. The van der Waals surface area contributed by atoms with Crippen molar-refractivity contribution in [3.05, 3.63) is 34.8 Å². The van der Waals surface area contributed by atoms with Gasteiger partial charge in [-0.05, 0) is 31.2 Å². The molecule has 1 heterocycles. The van der Waals surface area contributed by atoms with E-state index in [4.69, 9.17) is 9.15 Å². The molecule has 4 nitrogen and oxygen atoms in total. The molecule has 3 atom stereocenters. The molecule has 0 unspecified atom stereocenters. The molecular weight excluding hydrogens is 268 g/mol. The van der Waals surface area contributed by atoms with Gasteiger partial charge in [-0.1, -0.05) is 19.9 Å². The average Bonchev–Trinajstić information content (AvgIpc) is 2.79. The second-order valence-electron chi connectivity index (χ2n) is 6.36. The Labute approximate surface area is 124 Å². The highest BCUT2D eigenvalue weighted by atomic mass is 16.5. The summed E-state index contributed by atoms with van der Waals surface area (Å²) in [5, 5.41) is 0. The van der Waals surface area contributed by atoms with Crippen molar-refractivity contribution in [2.75, 3.05) is 0 Å². The normalized spacial score (nSPS) is 31.2. The van der Waals surface area contributed by atoms with Crippen LogP contribution in [0.5, 0.6) is 0 Å². The first-order valence-electron chi connectivity index (χ1n) is 7.38. The van der Waals surface area contributed by atoms with E-state index in [1.807, 2.05) is 19.9 Å². The number of ether oxygens (including phenoxy) is 1. The lowest BCUT2D eigenvalue weighted by molar-refractivity contribution is -0.155. The van der Waals surface area contributed by atoms with Gasteiger partial charge in [0.2, 0.25) is 5.78 Å². The summed E-state index contributed by atoms with van der Waals surface area (Å²) in [6, 6.07) is 0. The Balaban J connectivity index is 2.26. The maximum Gasteiger partial charge on any atom is 0.303 e. The van der Waals surface area contributed by atoms with Gasteiger partial charge in [0.05, 0.1) is 6.26 Å². The Kier molecular flexibility index (Phi) is 3.08. The molecular formula is C17H20O4. The number of hydrogen-bond donors (Lipinski definition) is 0. The number of carbonyl (C=O) groups is 2. The largest absolute Gasteiger partial charge is 0.460 e. The summed E-state index contributed by atoms with van der Waals surface area (Å²) in [6.45, 7) is 7.45. The zero-order chi connectivity index (χ0) is 15.4. The van der Waals surface area contributed by atoms with Gasteiger partial charge < -0.3 is 9.15 Å². The summed E-state index contributed by atoms with van der Waals surface area (Å²) in [4.78, 5) is 24.3. The van der Waals surface area contributed by atoms with Gasteiger partial charge >= 0.3 is 5.97 Å². The smallest absolute Gasteiger partial charge is 0.303 e. The molecule has 112 valence electrons. The number of hydrogen-bond acceptors (Lipinski definition) is 4. The van der Waals surface area contributed by atoms with E-state index < -0.39 is 11.5 Å². The summed E-state index contributed by atoms with van der Waals surface area (Å²) in [6.07, 6.45) is 4.96. The van der Waals surface area contributed by atoms with Crippen molar-refractivity contribution in [2.45, 2.75) is 46.6 Å². The van der Waals surface area contributed by atoms with Gasteiger partial charge in [-0.3, -0.25) is 9.59 Å². The highest BCUT2D eigenvalue weighted by molar-refractivity contribution is 6.10. The third kappa shape index (κ3) is 1.81. The van der Waals surface area contributed by atoms with Gasteiger partial charge in [-0.25, -0.2) is 0 Å². The maximum atomic E-state index is 12.7. The molecule has 0 aliphatic heterocycles. The highest BCUT2D eigenvalue weighted by Crippen LogP contribution is 2.57. The maximum absolute atomic E-state index is 12.7. The van der Waals surface area contributed by atoms with E-state index >= 15 is 0 Å². The highest BCUT2D eigenvalue weighted by Gasteiger charge is 2.54. The van der Waals surface area contributed by atoms with Crippen LogP contribution in [-0.2, 0) is 9.53 Å². The third-order valence-corrected chi connectivity index (χ3v) is 5.12. The minimum Gasteiger partial charge on any atom is -0.460 e. The number of Topliss-reactive ketones (excluding diaryl/α,β-unsaturated/α-hetero) is 1. The van der Waals surface area contributed by atoms with Crippen molar-refractivity contribution >= 4 is 11.8 Å². The fourth-order valence-corrected chi connectivity index (χ4v) is 3.72. The lowest BCUT2D eigenvalue weighted by Gasteiger charge is -2.47. The molecule has 1 aromatic heterocycles. The molecule has 0 N–H and O–H groups in total. The second-order valence-corrected chi connectivity index (χ2v) is 6.36. The van der Waals surface area contributed by atoms with Crippen molar-refractivity contribution in [1.82, 2.24) is 0 Å². The van der Waals surface area contributed by atoms with Crippen LogP contribution in [-0.4, -0.2) is 11.8 Å². The summed E-state index contributed by atoms with van der Waals surface area (Å²) < 4.78 is 11.1. The Bertz CT molecular complexity index is 652. The number of carbonyl (C=O) groups excluding carboxylic acids is 2. The van der Waals surface area contributed by atoms with Crippen LogP contribution in [0, 0.1) is 18.3 Å². The molecule has 21 heavy (non-hydrogen) atoms. The van der Waals surface area contributed by atoms with Gasteiger partial charge in [-0.2, -0.15) is 0 Å². The Morgan fingerprint density at radius 3 is 2.86 bits per heavy atom. The molecule has 0 radical (unpaired) electrons. The molecule has 1 aromatic rings. The van der Waals surface area contributed by atoms with Gasteiger partial charge in [0.15, 0.2) is 5.76 Å². The minimum absolute atomic E-state index is 0.0597. The van der Waals surface area contributed by atoms with Crippen LogP contribution in [0.15, 0.2) is 22.3 Å². The first kappa shape index (κ1) is 14.1. The molecule has 0 bridgehead atoms. The first-order chi connectivity index (χ1) is 9.87. The van der Waals surface area contributed by atoms with E-state index in [9.17, 15) is 9.59 Å². The predicted molar refractivity (Wildman–Crippen MR) is 76.9 cm³/mol. The van der Waals surface area contributed by atoms with Crippen molar-refractivity contribution in [1.29, 1.82) is 0 Å². The molecule has 0 aromatic carbocycles. The molecule has 4 heteroatoms. The molecule has 0 saturated heterocycles. The molecule has 0 saturated carbocycles. The van der Waals surface area contributed by atoms with E-state index in [0.29, 0.717) is 5.76 Å². The predicted octanol–water partition coefficient (Wildman–Crippen LogP) is 3.75. The lowest BCUT2D eigenvalue weighted by atomic mass is 9.58. The molecule has 3 rings (SSSR count).